The van der Waals surface area contributed by atoms with E-state index in [1.54, 1.807) is 24.1 Å². The zero-order chi connectivity index (χ0) is 15.4. The highest BCUT2D eigenvalue weighted by molar-refractivity contribution is 9.10. The zero-order valence-electron chi connectivity index (χ0n) is 11.6. The number of hydrogen-bond donors (Lipinski definition) is 1. The van der Waals surface area contributed by atoms with E-state index in [1.165, 1.54) is 6.07 Å². The molecule has 0 heterocycles. The minimum absolute atomic E-state index is 0.285. The number of hydrogen-bond acceptors (Lipinski definition) is 2. The van der Waals surface area contributed by atoms with Crippen molar-refractivity contribution in [3.05, 3.63) is 69.9 Å². The third-order valence-corrected chi connectivity index (χ3v) is 3.75. The summed E-state index contributed by atoms with van der Waals surface area (Å²) in [5.74, 6) is -0.763. The quantitative estimate of drug-likeness (QED) is 0.899. The van der Waals surface area contributed by atoms with Gasteiger partial charge in [0.2, 0.25) is 5.91 Å². The fourth-order valence-corrected chi connectivity index (χ4v) is 2.70. The largest absolute Gasteiger partial charge is 0.368 e. The van der Waals surface area contributed by atoms with E-state index in [-0.39, 0.29) is 12.4 Å². The molecule has 2 aromatic rings. The molecule has 1 amide bonds. The fraction of sp³-hybridized carbons (Fsp3) is 0.188. The van der Waals surface area contributed by atoms with Crippen LogP contribution in [0.4, 0.5) is 4.39 Å². The van der Waals surface area contributed by atoms with Gasteiger partial charge in [-0.05, 0) is 30.8 Å². The second kappa shape index (κ2) is 6.83. The van der Waals surface area contributed by atoms with Crippen molar-refractivity contribution in [1.82, 2.24) is 4.90 Å². The smallest absolute Gasteiger partial charge is 0.239 e. The standard InChI is InChI=1S/C16H16BrFN2O/c1-20(10-12-9-13(17)7-8-14(12)18)15(16(19)21)11-5-3-2-4-6-11/h2-9,15H,10H2,1H3,(H2,19,21). The Balaban J connectivity index is 2.26. The van der Waals surface area contributed by atoms with Gasteiger partial charge in [0.1, 0.15) is 11.9 Å². The summed E-state index contributed by atoms with van der Waals surface area (Å²) in [6.07, 6.45) is 0. The van der Waals surface area contributed by atoms with Gasteiger partial charge in [-0.1, -0.05) is 46.3 Å². The van der Waals surface area contributed by atoms with Crippen molar-refractivity contribution in [2.24, 2.45) is 5.73 Å². The number of nitrogens with zero attached hydrogens (tertiary/aromatic N) is 1. The monoisotopic (exact) mass is 350 g/mol. The summed E-state index contributed by atoms with van der Waals surface area (Å²) in [6, 6.07) is 13.4. The highest BCUT2D eigenvalue weighted by Crippen LogP contribution is 2.23. The average Bonchev–Trinajstić information content (AvgIpc) is 2.44. The number of primary amides is 1. The van der Waals surface area contributed by atoms with Crippen molar-refractivity contribution in [3.8, 4) is 0 Å². The number of carbonyl (C=O) groups is 1. The molecular weight excluding hydrogens is 335 g/mol. The van der Waals surface area contributed by atoms with Crippen LogP contribution in [-0.2, 0) is 11.3 Å². The zero-order valence-corrected chi connectivity index (χ0v) is 13.2. The lowest BCUT2D eigenvalue weighted by atomic mass is 10.0. The molecule has 0 radical (unpaired) electrons. The average molecular weight is 351 g/mol. The Bertz CT molecular complexity index is 633. The van der Waals surface area contributed by atoms with Crippen molar-refractivity contribution in [2.75, 3.05) is 7.05 Å². The SMILES string of the molecule is CN(Cc1cc(Br)ccc1F)C(C(N)=O)c1ccccc1. The van der Waals surface area contributed by atoms with Crippen LogP contribution in [0, 0.1) is 5.82 Å². The summed E-state index contributed by atoms with van der Waals surface area (Å²) < 4.78 is 14.6. The summed E-state index contributed by atoms with van der Waals surface area (Å²) >= 11 is 3.32. The third kappa shape index (κ3) is 3.89. The van der Waals surface area contributed by atoms with E-state index in [4.69, 9.17) is 5.73 Å². The van der Waals surface area contributed by atoms with Gasteiger partial charge in [-0.2, -0.15) is 0 Å². The Morgan fingerprint density at radius 3 is 2.57 bits per heavy atom. The minimum Gasteiger partial charge on any atom is -0.368 e. The van der Waals surface area contributed by atoms with Crippen molar-refractivity contribution in [3.63, 3.8) is 0 Å². The molecule has 1 unspecified atom stereocenters. The first-order chi connectivity index (χ1) is 9.99. The first-order valence-corrected chi connectivity index (χ1v) is 7.27. The highest BCUT2D eigenvalue weighted by atomic mass is 79.9. The van der Waals surface area contributed by atoms with Crippen LogP contribution in [0.2, 0.25) is 0 Å². The molecule has 0 aliphatic heterocycles. The molecule has 1 atom stereocenters. The number of nitrogens with two attached hydrogens (primary N) is 1. The van der Waals surface area contributed by atoms with Crippen LogP contribution in [0.25, 0.3) is 0 Å². The molecule has 0 bridgehead atoms. The van der Waals surface area contributed by atoms with Crippen molar-refractivity contribution < 1.29 is 9.18 Å². The lowest BCUT2D eigenvalue weighted by molar-refractivity contribution is -0.123. The van der Waals surface area contributed by atoms with E-state index < -0.39 is 11.9 Å². The second-order valence-corrected chi connectivity index (χ2v) is 5.78. The predicted octanol–water partition coefficient (Wildman–Crippen LogP) is 3.25. The van der Waals surface area contributed by atoms with Gasteiger partial charge in [0.15, 0.2) is 0 Å². The van der Waals surface area contributed by atoms with Crippen molar-refractivity contribution >= 4 is 21.8 Å². The lowest BCUT2D eigenvalue weighted by Crippen LogP contribution is -2.35. The molecule has 2 aromatic carbocycles. The molecule has 5 heteroatoms. The Labute approximate surface area is 131 Å². The molecule has 0 aromatic heterocycles. The Hall–Kier alpha value is -1.72. The first-order valence-electron chi connectivity index (χ1n) is 6.47. The van der Waals surface area contributed by atoms with E-state index in [0.29, 0.717) is 5.56 Å². The minimum atomic E-state index is -0.593. The van der Waals surface area contributed by atoms with E-state index >= 15 is 0 Å². The lowest BCUT2D eigenvalue weighted by Gasteiger charge is -2.26. The van der Waals surface area contributed by atoms with Crippen LogP contribution in [0.5, 0.6) is 0 Å². The van der Waals surface area contributed by atoms with Crippen LogP contribution in [0.3, 0.4) is 0 Å². The topological polar surface area (TPSA) is 46.3 Å². The maximum atomic E-state index is 13.8. The Kier molecular flexibility index (Phi) is 5.09. The molecule has 0 saturated carbocycles. The number of likely N-dealkylation sites (N-methyl/N-ethyl adjacent to an activating group) is 1. The highest BCUT2D eigenvalue weighted by Gasteiger charge is 2.23. The van der Waals surface area contributed by atoms with Gasteiger partial charge in [0.25, 0.3) is 0 Å². The van der Waals surface area contributed by atoms with E-state index in [1.807, 2.05) is 30.3 Å². The van der Waals surface area contributed by atoms with Crippen LogP contribution in [0.1, 0.15) is 17.2 Å². The Morgan fingerprint density at radius 2 is 1.95 bits per heavy atom. The maximum absolute atomic E-state index is 13.8. The molecule has 0 fully saturated rings. The van der Waals surface area contributed by atoms with Gasteiger partial charge in [0.05, 0.1) is 0 Å². The number of amides is 1. The normalized spacial score (nSPS) is 12.4. The first kappa shape index (κ1) is 15.7. The molecular formula is C16H16BrFN2O. The predicted molar refractivity (Wildman–Crippen MR) is 83.9 cm³/mol. The van der Waals surface area contributed by atoms with E-state index in [0.717, 1.165) is 10.0 Å². The van der Waals surface area contributed by atoms with E-state index in [2.05, 4.69) is 15.9 Å². The van der Waals surface area contributed by atoms with Crippen LogP contribution < -0.4 is 5.73 Å². The molecule has 21 heavy (non-hydrogen) atoms. The number of benzene rings is 2. The Morgan fingerprint density at radius 1 is 1.29 bits per heavy atom. The second-order valence-electron chi connectivity index (χ2n) is 4.87. The van der Waals surface area contributed by atoms with Gasteiger partial charge < -0.3 is 5.73 Å². The van der Waals surface area contributed by atoms with Crippen LogP contribution >= 0.6 is 15.9 Å². The summed E-state index contributed by atoms with van der Waals surface area (Å²) in [5.41, 5.74) is 6.81. The molecule has 3 nitrogen and oxygen atoms in total. The molecule has 110 valence electrons. The third-order valence-electron chi connectivity index (χ3n) is 3.25. The van der Waals surface area contributed by atoms with Gasteiger partial charge >= 0.3 is 0 Å². The van der Waals surface area contributed by atoms with Crippen LogP contribution in [0.15, 0.2) is 53.0 Å². The number of rotatable bonds is 5. The molecule has 2 rings (SSSR count). The van der Waals surface area contributed by atoms with Gasteiger partial charge in [-0.25, -0.2) is 4.39 Å². The fourth-order valence-electron chi connectivity index (χ4n) is 2.30. The maximum Gasteiger partial charge on any atom is 0.239 e. The number of carbonyl (C=O) groups excluding carboxylic acids is 1. The van der Waals surface area contributed by atoms with Crippen LogP contribution in [-0.4, -0.2) is 17.9 Å². The molecule has 0 aliphatic carbocycles. The summed E-state index contributed by atoms with van der Waals surface area (Å²) in [6.45, 7) is 0.285. The molecule has 0 spiro atoms. The summed E-state index contributed by atoms with van der Waals surface area (Å²) in [7, 11) is 1.75. The molecule has 0 saturated heterocycles. The van der Waals surface area contributed by atoms with E-state index in [9.17, 15) is 9.18 Å². The molecule has 2 N–H and O–H groups in total. The van der Waals surface area contributed by atoms with Gasteiger partial charge in [0, 0.05) is 16.6 Å². The van der Waals surface area contributed by atoms with Crippen molar-refractivity contribution in [1.29, 1.82) is 0 Å². The van der Waals surface area contributed by atoms with Gasteiger partial charge in [-0.3, -0.25) is 9.69 Å². The molecule has 0 aliphatic rings. The summed E-state index contributed by atoms with van der Waals surface area (Å²) in [4.78, 5) is 13.5. The number of halogens is 2. The van der Waals surface area contributed by atoms with Crippen molar-refractivity contribution in [2.45, 2.75) is 12.6 Å². The van der Waals surface area contributed by atoms with Gasteiger partial charge in [-0.15, -0.1) is 0 Å². The summed E-state index contributed by atoms with van der Waals surface area (Å²) in [5, 5.41) is 0.